The van der Waals surface area contributed by atoms with Gasteiger partial charge < -0.3 is 36.6 Å². The normalized spacial score (nSPS) is 15.4. The summed E-state index contributed by atoms with van der Waals surface area (Å²) in [6, 6.07) is 15.8. The molecule has 8 heteroatoms. The number of aliphatic hydroxyl groups excluding tert-OH is 1. The average Bonchev–Trinajstić information content (AvgIpc) is 2.75. The van der Waals surface area contributed by atoms with Crippen molar-refractivity contribution in [2.75, 3.05) is 64.6 Å². The second-order valence-corrected chi connectivity index (χ2v) is 7.91. The topological polar surface area (TPSA) is 54.4 Å². The second kappa shape index (κ2) is 13.0. The Morgan fingerprint density at radius 1 is 1.00 bits per heavy atom. The number of methoxy groups -OCH3 is 1. The third kappa shape index (κ3) is 7.63. The van der Waals surface area contributed by atoms with Crippen molar-refractivity contribution in [3.63, 3.8) is 0 Å². The van der Waals surface area contributed by atoms with Crippen LogP contribution in [0.3, 0.4) is 0 Å². The molecule has 1 fully saturated rings. The Morgan fingerprint density at radius 2 is 1.70 bits per heavy atom. The molecule has 2 aromatic rings. The Morgan fingerprint density at radius 3 is 2.40 bits per heavy atom. The highest BCUT2D eigenvalue weighted by Gasteiger charge is 2.21. The van der Waals surface area contributed by atoms with E-state index in [1.54, 1.807) is 7.11 Å². The molecule has 1 aliphatic rings. The number of aliphatic hydroxyl groups is 1. The van der Waals surface area contributed by atoms with Crippen LogP contribution < -0.4 is 26.8 Å². The van der Waals surface area contributed by atoms with Crippen LogP contribution in [0.5, 0.6) is 11.5 Å². The van der Waals surface area contributed by atoms with E-state index < -0.39 is 6.10 Å². The van der Waals surface area contributed by atoms with E-state index in [0.29, 0.717) is 26.4 Å². The Hall–Kier alpha value is -1.51. The van der Waals surface area contributed by atoms with E-state index in [0.717, 1.165) is 47.8 Å². The molecule has 1 unspecified atom stereocenters. The maximum absolute atomic E-state index is 10.3. The van der Waals surface area contributed by atoms with Gasteiger partial charge in [-0.05, 0) is 36.4 Å². The van der Waals surface area contributed by atoms with Gasteiger partial charge in [0.2, 0.25) is 0 Å². The largest absolute Gasteiger partial charge is 1.00 e. The number of rotatable bonds is 10. The fourth-order valence-electron chi connectivity index (χ4n) is 3.38. The Kier molecular flexibility index (Phi) is 10.7. The fraction of sp³-hybridized carbons (Fsp3) is 0.455. The summed E-state index contributed by atoms with van der Waals surface area (Å²) in [4.78, 5) is 4.61. The number of benzene rings is 2. The van der Waals surface area contributed by atoms with Crippen molar-refractivity contribution in [3.8, 4) is 11.5 Å². The van der Waals surface area contributed by atoms with Crippen LogP contribution in [-0.4, -0.2) is 75.8 Å². The molecule has 0 radical (unpaired) electrons. The number of anilines is 1. The molecule has 166 valence electrons. The minimum atomic E-state index is -0.500. The molecule has 0 spiro atoms. The molecule has 0 saturated carbocycles. The highest BCUT2D eigenvalue weighted by molar-refractivity contribution is 9.10. The zero-order chi connectivity index (χ0) is 20.5. The summed E-state index contributed by atoms with van der Waals surface area (Å²) >= 11 is 3.40. The molecule has 6 nitrogen and oxygen atoms in total. The lowest BCUT2D eigenvalue weighted by Crippen LogP contribution is -3.00. The van der Waals surface area contributed by atoms with Crippen LogP contribution in [-0.2, 0) is 4.74 Å². The number of nitrogens with zero attached hydrogens (tertiary/aromatic N) is 2. The minimum absolute atomic E-state index is 0. The smallest absolute Gasteiger partial charge is 0.142 e. The predicted octanol–water partition coefficient (Wildman–Crippen LogP) is 0.0402. The van der Waals surface area contributed by atoms with E-state index in [9.17, 15) is 5.11 Å². The van der Waals surface area contributed by atoms with E-state index >= 15 is 0 Å². The lowest BCUT2D eigenvalue weighted by atomic mass is 10.2. The van der Waals surface area contributed by atoms with Gasteiger partial charge in [-0.1, -0.05) is 28.1 Å². The van der Waals surface area contributed by atoms with E-state index in [1.807, 2.05) is 42.5 Å². The Balaban J connectivity index is 0.00000320. The summed E-state index contributed by atoms with van der Waals surface area (Å²) in [6.45, 7) is 5.48. The summed E-state index contributed by atoms with van der Waals surface area (Å²) in [7, 11) is 1.70. The number of hydrogen-bond acceptors (Lipinski definition) is 6. The molecular weight excluding hydrogens is 472 g/mol. The van der Waals surface area contributed by atoms with Crippen LogP contribution >= 0.6 is 15.9 Å². The van der Waals surface area contributed by atoms with E-state index in [4.69, 9.17) is 14.2 Å². The van der Waals surface area contributed by atoms with Gasteiger partial charge in [0.1, 0.15) is 18.1 Å². The van der Waals surface area contributed by atoms with Gasteiger partial charge in [0.25, 0.3) is 0 Å². The van der Waals surface area contributed by atoms with Crippen molar-refractivity contribution >= 4 is 21.6 Å². The van der Waals surface area contributed by atoms with Gasteiger partial charge >= 0.3 is 0 Å². The van der Waals surface area contributed by atoms with Gasteiger partial charge in [-0.3, -0.25) is 4.90 Å². The van der Waals surface area contributed by atoms with E-state index in [-0.39, 0.29) is 12.4 Å². The number of para-hydroxylation sites is 2. The van der Waals surface area contributed by atoms with Gasteiger partial charge in [0.15, 0.2) is 0 Å². The fourth-order valence-corrected chi connectivity index (χ4v) is 3.65. The molecule has 0 bridgehead atoms. The van der Waals surface area contributed by atoms with Gasteiger partial charge in [-0.25, -0.2) is 0 Å². The van der Waals surface area contributed by atoms with Crippen molar-refractivity contribution in [3.05, 3.63) is 53.0 Å². The first kappa shape index (κ1) is 24.8. The highest BCUT2D eigenvalue weighted by atomic mass is 79.9. The first-order chi connectivity index (χ1) is 14.2. The summed E-state index contributed by atoms with van der Waals surface area (Å²) in [5.41, 5.74) is 1.13. The average molecular weight is 501 g/mol. The van der Waals surface area contributed by atoms with Crippen LogP contribution in [0.2, 0.25) is 0 Å². The molecule has 1 aliphatic heterocycles. The predicted molar refractivity (Wildman–Crippen MR) is 118 cm³/mol. The second-order valence-electron chi connectivity index (χ2n) is 6.99. The lowest BCUT2D eigenvalue weighted by molar-refractivity contribution is -0.0000151. The first-order valence-corrected chi connectivity index (χ1v) is 10.7. The van der Waals surface area contributed by atoms with Crippen LogP contribution in [0, 0.1) is 0 Å². The number of ether oxygens (including phenoxy) is 3. The molecule has 30 heavy (non-hydrogen) atoms. The molecule has 0 aliphatic carbocycles. The maximum atomic E-state index is 10.3. The summed E-state index contributed by atoms with van der Waals surface area (Å²) in [6.07, 6.45) is -0.500. The molecule has 2 aromatic carbocycles. The van der Waals surface area contributed by atoms with E-state index in [2.05, 4.69) is 31.8 Å². The molecule has 1 saturated heterocycles. The molecule has 0 amide bonds. The van der Waals surface area contributed by atoms with E-state index in [1.165, 1.54) is 0 Å². The maximum Gasteiger partial charge on any atom is 0.142 e. The van der Waals surface area contributed by atoms with Crippen molar-refractivity contribution in [2.45, 2.75) is 6.10 Å². The first-order valence-electron chi connectivity index (χ1n) is 9.90. The van der Waals surface area contributed by atoms with Gasteiger partial charge in [0, 0.05) is 37.2 Å². The quantitative estimate of drug-likeness (QED) is 0.465. The lowest BCUT2D eigenvalue weighted by Gasteiger charge is -2.37. The molecule has 1 N–H and O–H groups in total. The van der Waals surface area contributed by atoms with Crippen molar-refractivity contribution in [1.29, 1.82) is 0 Å². The van der Waals surface area contributed by atoms with Crippen molar-refractivity contribution in [2.24, 2.45) is 0 Å². The summed E-state index contributed by atoms with van der Waals surface area (Å²) < 4.78 is 17.7. The van der Waals surface area contributed by atoms with Crippen LogP contribution in [0.15, 0.2) is 53.0 Å². The van der Waals surface area contributed by atoms with Crippen molar-refractivity contribution < 1.29 is 31.7 Å². The molecule has 1 heterocycles. The Labute approximate surface area is 193 Å². The summed E-state index contributed by atoms with van der Waals surface area (Å²) in [5.74, 6) is 1.71. The summed E-state index contributed by atoms with van der Waals surface area (Å²) in [5, 5.41) is 10.3. The number of piperazine rings is 1. The Bertz CT molecular complexity index is 742. The van der Waals surface area contributed by atoms with Crippen molar-refractivity contribution in [1.82, 2.24) is 4.90 Å². The molecule has 3 rings (SSSR count). The monoisotopic (exact) mass is 499 g/mol. The molecule has 0 aromatic heterocycles. The van der Waals surface area contributed by atoms with Gasteiger partial charge in [0.05, 0.1) is 32.1 Å². The van der Waals surface area contributed by atoms with Gasteiger partial charge in [-0.15, -0.1) is 0 Å². The van der Waals surface area contributed by atoms with Crippen LogP contribution in [0.4, 0.5) is 5.69 Å². The van der Waals surface area contributed by atoms with Crippen LogP contribution in [0.1, 0.15) is 0 Å². The molecule has 1 atom stereocenters. The third-order valence-electron chi connectivity index (χ3n) is 4.89. The zero-order valence-corrected chi connectivity index (χ0v) is 19.5. The SMILES string of the molecule is COc1ccccc1N1CCN(CC(O)COCCOc2ccc(Br)cc2)CC1.[Cl-]. The number of halogens is 2. The van der Waals surface area contributed by atoms with Crippen LogP contribution in [0.25, 0.3) is 0 Å². The molecular formula is C22H29BrClN2O4-. The number of β-amino-alcohol motifs (C(OH)–C–C–N with tert-alkyl or cyclic N) is 1. The van der Waals surface area contributed by atoms with Gasteiger partial charge in [-0.2, -0.15) is 0 Å². The highest BCUT2D eigenvalue weighted by Crippen LogP contribution is 2.28. The number of hydrogen-bond donors (Lipinski definition) is 1. The zero-order valence-electron chi connectivity index (χ0n) is 17.2. The third-order valence-corrected chi connectivity index (χ3v) is 5.42. The standard InChI is InChI=1S/C22H29BrN2O4.ClH/c1-27-22-5-3-2-4-21(22)25-12-10-24(11-13-25)16-19(26)17-28-14-15-29-20-8-6-18(23)7-9-20;/h2-9,19,26H,10-17H2,1H3;1H/p-1. The minimum Gasteiger partial charge on any atom is -1.00 e.